The number of nitrogens with zero attached hydrogens (tertiary/aromatic N) is 2. The normalized spacial score (nSPS) is 11.3. The summed E-state index contributed by atoms with van der Waals surface area (Å²) >= 11 is 0. The Morgan fingerprint density at radius 2 is 1.75 bits per heavy atom. The first-order valence-corrected chi connectivity index (χ1v) is 8.79. The molecule has 1 heterocycles. The maximum Gasteiger partial charge on any atom is 0.344 e. The molecule has 3 aromatic rings. The second-order valence-corrected chi connectivity index (χ2v) is 7.24. The fraction of sp³-hybridized carbons (Fsp3) is 0.286. The van der Waals surface area contributed by atoms with Gasteiger partial charge in [0.05, 0.1) is 0 Å². The summed E-state index contributed by atoms with van der Waals surface area (Å²) in [5, 5.41) is 3.78. The summed E-state index contributed by atoms with van der Waals surface area (Å²) in [7, 11) is 0. The highest BCUT2D eigenvalue weighted by atomic mass is 19.1. The highest BCUT2D eigenvalue weighted by molar-refractivity contribution is 5.71. The standard InChI is InChI=1S/C21H21FN2O4/c1-21(2,3)15-6-10-17(11-7-15)26-13-19(25)27-12-18-23-20(24-28-18)14-4-8-16(22)9-5-14/h4-11H,12-13H2,1-3H3. The number of carbonyl (C=O) groups excluding carboxylic acids is 1. The van der Waals surface area contributed by atoms with Gasteiger partial charge in [0.1, 0.15) is 11.6 Å². The Hall–Kier alpha value is -3.22. The molecule has 0 spiro atoms. The summed E-state index contributed by atoms with van der Waals surface area (Å²) in [6.45, 7) is 5.98. The quantitative estimate of drug-likeness (QED) is 0.590. The van der Waals surface area contributed by atoms with Gasteiger partial charge < -0.3 is 14.0 Å². The second-order valence-electron chi connectivity index (χ2n) is 7.24. The van der Waals surface area contributed by atoms with Crippen LogP contribution in [-0.4, -0.2) is 22.7 Å². The zero-order valence-corrected chi connectivity index (χ0v) is 15.9. The molecule has 28 heavy (non-hydrogen) atoms. The summed E-state index contributed by atoms with van der Waals surface area (Å²) in [5.74, 6) is 0.112. The lowest BCUT2D eigenvalue weighted by molar-refractivity contribution is -0.148. The minimum absolute atomic E-state index is 0.0499. The van der Waals surface area contributed by atoms with Gasteiger partial charge in [0.2, 0.25) is 5.82 Å². The first-order valence-electron chi connectivity index (χ1n) is 8.79. The van der Waals surface area contributed by atoms with Crippen LogP contribution in [0.25, 0.3) is 11.4 Å². The highest BCUT2D eigenvalue weighted by Gasteiger charge is 2.14. The molecule has 146 valence electrons. The van der Waals surface area contributed by atoms with Crippen LogP contribution in [-0.2, 0) is 21.6 Å². The van der Waals surface area contributed by atoms with Crippen molar-refractivity contribution in [3.8, 4) is 17.1 Å². The van der Waals surface area contributed by atoms with Crippen LogP contribution in [0.5, 0.6) is 5.75 Å². The predicted octanol–water partition coefficient (Wildman–Crippen LogP) is 4.30. The third-order valence-corrected chi connectivity index (χ3v) is 4.00. The molecular weight excluding hydrogens is 363 g/mol. The number of esters is 1. The third kappa shape index (κ3) is 5.16. The average Bonchev–Trinajstić information content (AvgIpc) is 3.14. The molecule has 0 atom stereocenters. The molecule has 0 N–H and O–H groups in total. The van der Waals surface area contributed by atoms with E-state index in [2.05, 4.69) is 30.9 Å². The highest BCUT2D eigenvalue weighted by Crippen LogP contribution is 2.24. The van der Waals surface area contributed by atoms with E-state index in [1.807, 2.05) is 24.3 Å². The molecule has 0 unspecified atom stereocenters. The van der Waals surface area contributed by atoms with E-state index in [0.717, 1.165) is 0 Å². The molecule has 0 aliphatic rings. The zero-order chi connectivity index (χ0) is 20.1. The maximum atomic E-state index is 13.0. The van der Waals surface area contributed by atoms with Gasteiger partial charge in [-0.3, -0.25) is 0 Å². The van der Waals surface area contributed by atoms with Gasteiger partial charge in [0, 0.05) is 5.56 Å². The van der Waals surface area contributed by atoms with Gasteiger partial charge in [-0.2, -0.15) is 4.98 Å². The van der Waals surface area contributed by atoms with Crippen molar-refractivity contribution in [2.45, 2.75) is 32.8 Å². The lowest BCUT2D eigenvalue weighted by Gasteiger charge is -2.19. The van der Waals surface area contributed by atoms with E-state index in [9.17, 15) is 9.18 Å². The van der Waals surface area contributed by atoms with Crippen molar-refractivity contribution >= 4 is 5.97 Å². The van der Waals surface area contributed by atoms with E-state index in [1.54, 1.807) is 0 Å². The Balaban J connectivity index is 1.47. The molecule has 6 nitrogen and oxygen atoms in total. The first-order chi connectivity index (χ1) is 13.3. The van der Waals surface area contributed by atoms with E-state index < -0.39 is 5.97 Å². The lowest BCUT2D eigenvalue weighted by atomic mass is 9.87. The van der Waals surface area contributed by atoms with Gasteiger partial charge >= 0.3 is 5.97 Å². The van der Waals surface area contributed by atoms with E-state index in [0.29, 0.717) is 17.1 Å². The number of halogens is 1. The monoisotopic (exact) mass is 384 g/mol. The van der Waals surface area contributed by atoms with Crippen molar-refractivity contribution in [2.75, 3.05) is 6.61 Å². The molecule has 0 radical (unpaired) electrons. The van der Waals surface area contributed by atoms with Gasteiger partial charge in [-0.1, -0.05) is 38.1 Å². The van der Waals surface area contributed by atoms with Crippen LogP contribution in [0.1, 0.15) is 32.2 Å². The molecule has 2 aromatic carbocycles. The first kappa shape index (κ1) is 19.5. The van der Waals surface area contributed by atoms with Gasteiger partial charge in [-0.25, -0.2) is 9.18 Å². The molecule has 0 fully saturated rings. The minimum atomic E-state index is -0.554. The number of rotatable bonds is 6. The second kappa shape index (κ2) is 8.21. The van der Waals surface area contributed by atoms with Crippen LogP contribution in [0.4, 0.5) is 4.39 Å². The number of hydrogen-bond donors (Lipinski definition) is 0. The van der Waals surface area contributed by atoms with Crippen LogP contribution < -0.4 is 4.74 Å². The van der Waals surface area contributed by atoms with Gasteiger partial charge in [-0.15, -0.1) is 0 Å². The molecule has 1 aromatic heterocycles. The Bertz CT molecular complexity index is 928. The number of aromatic nitrogens is 2. The maximum absolute atomic E-state index is 13.0. The van der Waals surface area contributed by atoms with Crippen LogP contribution >= 0.6 is 0 Å². The van der Waals surface area contributed by atoms with Crippen molar-refractivity contribution in [2.24, 2.45) is 0 Å². The van der Waals surface area contributed by atoms with Crippen molar-refractivity contribution < 1.29 is 23.2 Å². The topological polar surface area (TPSA) is 74.5 Å². The number of hydrogen-bond acceptors (Lipinski definition) is 6. The number of benzene rings is 2. The fourth-order valence-corrected chi connectivity index (χ4v) is 2.41. The van der Waals surface area contributed by atoms with Gasteiger partial charge in [0.15, 0.2) is 13.2 Å². The summed E-state index contributed by atoms with van der Waals surface area (Å²) in [5.41, 5.74) is 1.83. The van der Waals surface area contributed by atoms with Gasteiger partial charge in [0.25, 0.3) is 5.89 Å². The molecule has 0 aliphatic carbocycles. The number of carbonyl (C=O) groups is 1. The van der Waals surface area contributed by atoms with Crippen molar-refractivity contribution in [3.05, 3.63) is 65.8 Å². The Morgan fingerprint density at radius 3 is 2.39 bits per heavy atom. The average molecular weight is 384 g/mol. The van der Waals surface area contributed by atoms with Crippen molar-refractivity contribution in [1.29, 1.82) is 0 Å². The van der Waals surface area contributed by atoms with Crippen molar-refractivity contribution in [1.82, 2.24) is 10.1 Å². The smallest absolute Gasteiger partial charge is 0.344 e. The number of ether oxygens (including phenoxy) is 2. The summed E-state index contributed by atoms with van der Waals surface area (Å²) < 4.78 is 28.5. The van der Waals surface area contributed by atoms with Crippen LogP contribution in [0, 0.1) is 5.82 Å². The molecule has 0 amide bonds. The Morgan fingerprint density at radius 1 is 1.07 bits per heavy atom. The summed E-state index contributed by atoms with van der Waals surface area (Å²) in [6, 6.07) is 13.3. The minimum Gasteiger partial charge on any atom is -0.482 e. The molecule has 7 heteroatoms. The largest absolute Gasteiger partial charge is 0.482 e. The van der Waals surface area contributed by atoms with Crippen LogP contribution in [0.3, 0.4) is 0 Å². The van der Waals surface area contributed by atoms with E-state index in [-0.39, 0.29) is 30.3 Å². The molecule has 3 rings (SSSR count). The van der Waals surface area contributed by atoms with E-state index in [4.69, 9.17) is 14.0 Å². The lowest BCUT2D eigenvalue weighted by Crippen LogP contribution is -2.15. The zero-order valence-electron chi connectivity index (χ0n) is 15.9. The Kier molecular flexibility index (Phi) is 5.73. The molecule has 0 saturated carbocycles. The van der Waals surface area contributed by atoms with Gasteiger partial charge in [-0.05, 0) is 47.4 Å². The SMILES string of the molecule is CC(C)(C)c1ccc(OCC(=O)OCc2nc(-c3ccc(F)cc3)no2)cc1. The van der Waals surface area contributed by atoms with Crippen LogP contribution in [0.2, 0.25) is 0 Å². The fourth-order valence-electron chi connectivity index (χ4n) is 2.41. The molecule has 0 saturated heterocycles. The molecule has 0 bridgehead atoms. The Labute approximate surface area is 162 Å². The summed E-state index contributed by atoms with van der Waals surface area (Å²) in [4.78, 5) is 16.0. The third-order valence-electron chi connectivity index (χ3n) is 4.00. The predicted molar refractivity (Wildman–Crippen MR) is 100 cm³/mol. The van der Waals surface area contributed by atoms with Crippen molar-refractivity contribution in [3.63, 3.8) is 0 Å². The summed E-state index contributed by atoms with van der Waals surface area (Å²) in [6.07, 6.45) is 0. The van der Waals surface area contributed by atoms with E-state index in [1.165, 1.54) is 29.8 Å². The van der Waals surface area contributed by atoms with E-state index >= 15 is 0 Å². The molecule has 0 aliphatic heterocycles. The van der Waals surface area contributed by atoms with Crippen LogP contribution in [0.15, 0.2) is 53.1 Å². The molecular formula is C21H21FN2O4.